The highest BCUT2D eigenvalue weighted by Crippen LogP contribution is 2.39. The highest BCUT2D eigenvalue weighted by molar-refractivity contribution is 8.22. The molecule has 3 aromatic carbocycles. The van der Waals surface area contributed by atoms with Crippen LogP contribution in [0.15, 0.2) is 87.5 Å². The third kappa shape index (κ3) is 4.06. The minimum atomic E-state index is -3.73. The van der Waals surface area contributed by atoms with Crippen LogP contribution in [0.1, 0.15) is 22.1 Å². The van der Waals surface area contributed by atoms with E-state index in [1.54, 1.807) is 36.0 Å². The van der Waals surface area contributed by atoms with Gasteiger partial charge in [-0.15, -0.1) is 0 Å². The number of nitrogens with one attached hydrogen (secondary N) is 1. The smallest absolute Gasteiger partial charge is 0.292 e. The summed E-state index contributed by atoms with van der Waals surface area (Å²) in [6, 6.07) is 24.7. The molecule has 1 aliphatic rings. The number of sulfonamides is 1. The maximum Gasteiger partial charge on any atom is 0.292 e. The van der Waals surface area contributed by atoms with Gasteiger partial charge in [0, 0.05) is 11.3 Å². The molecule has 7 heteroatoms. The lowest BCUT2D eigenvalue weighted by molar-refractivity contribution is 0.598. The zero-order valence-electron chi connectivity index (χ0n) is 15.1. The summed E-state index contributed by atoms with van der Waals surface area (Å²) < 4.78 is 30.1. The predicted molar refractivity (Wildman–Crippen MR) is 119 cm³/mol. The highest BCUT2D eigenvalue weighted by atomic mass is 32.2. The molecule has 1 N–H and O–H groups in total. The third-order valence-corrected chi connectivity index (χ3v) is 8.21. The number of anilines is 1. The van der Waals surface area contributed by atoms with Crippen molar-refractivity contribution in [3.63, 3.8) is 0 Å². The summed E-state index contributed by atoms with van der Waals surface area (Å²) in [4.78, 5) is 0.207. The predicted octanol–water partition coefficient (Wildman–Crippen LogP) is 4.99. The van der Waals surface area contributed by atoms with Gasteiger partial charge in [0.1, 0.15) is 5.37 Å². The molecule has 3 aromatic rings. The van der Waals surface area contributed by atoms with Crippen molar-refractivity contribution in [2.45, 2.75) is 17.2 Å². The van der Waals surface area contributed by atoms with Crippen molar-refractivity contribution in [3.05, 3.63) is 95.6 Å². The number of fused-ring (bicyclic) bond motifs is 1. The van der Waals surface area contributed by atoms with Gasteiger partial charge >= 0.3 is 0 Å². The molecule has 0 spiro atoms. The molecule has 1 atom stereocenters. The second kappa shape index (κ2) is 7.95. The molecule has 0 aromatic heterocycles. The molecule has 0 saturated heterocycles. The van der Waals surface area contributed by atoms with Gasteiger partial charge in [0.15, 0.2) is 0 Å². The van der Waals surface area contributed by atoms with Crippen LogP contribution in [0.5, 0.6) is 0 Å². The molecular weight excluding hydrogens is 408 g/mol. The Bertz CT molecular complexity index is 1170. The molecule has 0 amide bonds. The van der Waals surface area contributed by atoms with Gasteiger partial charge in [-0.1, -0.05) is 81.8 Å². The van der Waals surface area contributed by atoms with Crippen molar-refractivity contribution >= 4 is 42.8 Å². The average Bonchev–Trinajstić information content (AvgIpc) is 2.73. The molecule has 142 valence electrons. The molecule has 0 saturated carbocycles. The van der Waals surface area contributed by atoms with Crippen LogP contribution < -0.4 is 5.32 Å². The van der Waals surface area contributed by atoms with E-state index in [0.29, 0.717) is 0 Å². The summed E-state index contributed by atoms with van der Waals surface area (Å²) >= 11 is 2.60. The molecule has 0 aliphatic carbocycles. The first-order valence-electron chi connectivity index (χ1n) is 8.68. The van der Waals surface area contributed by atoms with E-state index in [1.807, 2.05) is 49.4 Å². The van der Waals surface area contributed by atoms with Gasteiger partial charge in [0.2, 0.25) is 0 Å². The standard InChI is InChI=1S/C21H18N2O2S3/c1-15-11-13-17(14-12-15)28(24,25)23-27-21-18-9-5-6-10-19(18)22-20(26-21)16-7-3-2-4-8-16/h2-14,20,22H,1H3. The van der Waals surface area contributed by atoms with Crippen LogP contribution in [0.25, 0.3) is 0 Å². The van der Waals surface area contributed by atoms with Crippen LogP contribution >= 0.6 is 11.8 Å². The minimum Gasteiger partial charge on any atom is -0.369 e. The zero-order valence-corrected chi connectivity index (χ0v) is 17.5. The van der Waals surface area contributed by atoms with Crippen molar-refractivity contribution in [2.75, 3.05) is 5.32 Å². The summed E-state index contributed by atoms with van der Waals surface area (Å²) in [5.41, 5.74) is 4.07. The van der Waals surface area contributed by atoms with Gasteiger partial charge in [-0.25, -0.2) is 0 Å². The number of hydrogen-bond donors (Lipinski definition) is 1. The highest BCUT2D eigenvalue weighted by Gasteiger charge is 2.24. The lowest BCUT2D eigenvalue weighted by Crippen LogP contribution is -2.18. The lowest BCUT2D eigenvalue weighted by atomic mass is 10.1. The van der Waals surface area contributed by atoms with E-state index < -0.39 is 10.0 Å². The van der Waals surface area contributed by atoms with E-state index in [1.165, 1.54) is 0 Å². The second-order valence-corrected chi connectivity index (χ2v) is 10.3. The van der Waals surface area contributed by atoms with Gasteiger partial charge in [-0.2, -0.15) is 8.42 Å². The number of aryl methyl sites for hydroxylation is 1. The first-order chi connectivity index (χ1) is 13.5. The Balaban J connectivity index is 1.76. The number of thioether (sulfide) groups is 1. The average molecular weight is 427 g/mol. The lowest BCUT2D eigenvalue weighted by Gasteiger charge is -2.27. The van der Waals surface area contributed by atoms with Gasteiger partial charge in [-0.3, -0.25) is 0 Å². The maximum absolute atomic E-state index is 12.6. The van der Waals surface area contributed by atoms with E-state index in [0.717, 1.165) is 37.7 Å². The Labute approximate surface area is 172 Å². The summed E-state index contributed by atoms with van der Waals surface area (Å²) in [6.07, 6.45) is 0. The molecule has 1 heterocycles. The van der Waals surface area contributed by atoms with Crippen molar-refractivity contribution in [1.82, 2.24) is 0 Å². The van der Waals surface area contributed by atoms with Gasteiger partial charge < -0.3 is 5.32 Å². The van der Waals surface area contributed by atoms with Crippen LogP contribution in [-0.2, 0) is 21.2 Å². The number of hydrogen-bond acceptors (Lipinski definition) is 4. The zero-order chi connectivity index (χ0) is 19.6. The Morgan fingerprint density at radius 3 is 2.36 bits per heavy atom. The van der Waals surface area contributed by atoms with E-state index in [-0.39, 0.29) is 10.3 Å². The summed E-state index contributed by atoms with van der Waals surface area (Å²) in [7, 11) is -3.73. The van der Waals surface area contributed by atoms with E-state index in [2.05, 4.69) is 21.2 Å². The quantitative estimate of drug-likeness (QED) is 0.600. The molecule has 0 radical (unpaired) electrons. The second-order valence-electron chi connectivity index (χ2n) is 6.34. The molecule has 0 fully saturated rings. The van der Waals surface area contributed by atoms with Gasteiger partial charge in [-0.05, 0) is 41.8 Å². The number of rotatable bonds is 3. The third-order valence-electron chi connectivity index (χ3n) is 4.30. The first kappa shape index (κ1) is 19.0. The summed E-state index contributed by atoms with van der Waals surface area (Å²) in [5.74, 6) is 0. The molecule has 1 aliphatic heterocycles. The molecule has 28 heavy (non-hydrogen) atoms. The fourth-order valence-electron chi connectivity index (χ4n) is 2.81. The van der Waals surface area contributed by atoms with Crippen molar-refractivity contribution in [2.24, 2.45) is 3.77 Å². The number of nitrogens with zero attached hydrogens (tertiary/aromatic N) is 1. The summed E-state index contributed by atoms with van der Waals surface area (Å²) in [5, 5.41) is 3.51. The molecule has 1 unspecified atom stereocenters. The topological polar surface area (TPSA) is 58.5 Å². The van der Waals surface area contributed by atoms with Gasteiger partial charge in [0.05, 0.1) is 9.09 Å². The monoisotopic (exact) mass is 426 g/mol. The molecule has 4 rings (SSSR count). The Morgan fingerprint density at radius 1 is 0.929 bits per heavy atom. The fourth-order valence-corrected chi connectivity index (χ4v) is 6.31. The Kier molecular flexibility index (Phi) is 5.39. The van der Waals surface area contributed by atoms with E-state index in [9.17, 15) is 8.42 Å². The van der Waals surface area contributed by atoms with Gasteiger partial charge in [0.25, 0.3) is 10.0 Å². The molecule has 4 nitrogen and oxygen atoms in total. The SMILES string of the molecule is Cc1ccc(S(=O)(=O)N=S=C2SC(c3ccccc3)Nc3ccccc32)cc1. The van der Waals surface area contributed by atoms with Crippen molar-refractivity contribution in [1.29, 1.82) is 0 Å². The van der Waals surface area contributed by atoms with E-state index in [4.69, 9.17) is 0 Å². The van der Waals surface area contributed by atoms with Crippen molar-refractivity contribution in [3.8, 4) is 0 Å². The van der Waals surface area contributed by atoms with Crippen LogP contribution in [0, 0.1) is 6.92 Å². The Morgan fingerprint density at radius 2 is 1.61 bits per heavy atom. The maximum atomic E-state index is 12.6. The fraction of sp³-hybridized carbons (Fsp3) is 0.0952. The van der Waals surface area contributed by atoms with Crippen LogP contribution in [-0.4, -0.2) is 12.6 Å². The van der Waals surface area contributed by atoms with Crippen LogP contribution in [0.2, 0.25) is 0 Å². The normalized spacial score (nSPS) is 16.0. The number of para-hydroxylation sites is 1. The minimum absolute atomic E-state index is 0.00382. The summed E-state index contributed by atoms with van der Waals surface area (Å²) in [6.45, 7) is 1.92. The molecular formula is C21H18N2O2S3. The van der Waals surface area contributed by atoms with Crippen molar-refractivity contribution < 1.29 is 8.42 Å². The van der Waals surface area contributed by atoms with Crippen LogP contribution in [0.4, 0.5) is 5.69 Å². The largest absolute Gasteiger partial charge is 0.369 e. The van der Waals surface area contributed by atoms with Crippen LogP contribution in [0.3, 0.4) is 0 Å². The number of benzene rings is 3. The molecule has 0 bridgehead atoms. The first-order valence-corrected chi connectivity index (χ1v) is 11.8. The van der Waals surface area contributed by atoms with E-state index >= 15 is 0 Å². The Hall–Kier alpha value is -2.35.